The van der Waals surface area contributed by atoms with Crippen molar-refractivity contribution in [2.45, 2.75) is 39.0 Å². The third kappa shape index (κ3) is 4.23. The van der Waals surface area contributed by atoms with Crippen molar-refractivity contribution in [2.24, 2.45) is 5.92 Å². The van der Waals surface area contributed by atoms with Gasteiger partial charge in [-0.15, -0.1) is 0 Å². The Morgan fingerprint density at radius 3 is 2.85 bits per heavy atom. The van der Waals surface area contributed by atoms with Crippen LogP contribution in [0.1, 0.15) is 30.4 Å². The Hall–Kier alpha value is -2.58. The molecule has 1 aromatic heterocycles. The van der Waals surface area contributed by atoms with E-state index < -0.39 is 23.7 Å². The molecule has 0 aliphatic carbocycles. The lowest BCUT2D eigenvalue weighted by Gasteiger charge is -2.24. The van der Waals surface area contributed by atoms with E-state index in [1.807, 2.05) is 0 Å². The molecule has 146 valence electrons. The van der Waals surface area contributed by atoms with Gasteiger partial charge < -0.3 is 14.6 Å². The summed E-state index contributed by atoms with van der Waals surface area (Å²) in [5.74, 6) is -2.01. The van der Waals surface area contributed by atoms with Crippen molar-refractivity contribution in [1.29, 1.82) is 0 Å². The molecule has 0 radical (unpaired) electrons. The summed E-state index contributed by atoms with van der Waals surface area (Å²) >= 11 is 0. The van der Waals surface area contributed by atoms with Gasteiger partial charge >= 0.3 is 6.18 Å². The van der Waals surface area contributed by atoms with Crippen LogP contribution in [0.15, 0.2) is 24.4 Å². The van der Waals surface area contributed by atoms with E-state index in [1.165, 1.54) is 18.3 Å². The number of nitrogens with one attached hydrogen (secondary N) is 1. The Kier molecular flexibility index (Phi) is 5.38. The highest BCUT2D eigenvalue weighted by molar-refractivity contribution is 5.79. The first kappa shape index (κ1) is 19.2. The molecule has 1 aliphatic rings. The molecule has 1 aliphatic heterocycles. The van der Waals surface area contributed by atoms with Crippen molar-refractivity contribution in [3.05, 3.63) is 47.3 Å². The summed E-state index contributed by atoms with van der Waals surface area (Å²) in [6.07, 6.45) is -2.86. The predicted octanol–water partition coefficient (Wildman–Crippen LogP) is 3.32. The zero-order chi connectivity index (χ0) is 19.6. The second-order valence-electron chi connectivity index (χ2n) is 6.33. The van der Waals surface area contributed by atoms with Gasteiger partial charge in [0.15, 0.2) is 11.6 Å². The fraction of sp³-hybridized carbons (Fsp3) is 0.444. The summed E-state index contributed by atoms with van der Waals surface area (Å²) in [4.78, 5) is 15.8. The van der Waals surface area contributed by atoms with E-state index in [2.05, 4.69) is 10.3 Å². The maximum absolute atomic E-state index is 13.8. The first-order valence-electron chi connectivity index (χ1n) is 8.60. The van der Waals surface area contributed by atoms with E-state index in [0.29, 0.717) is 17.9 Å². The van der Waals surface area contributed by atoms with Gasteiger partial charge in [-0.05, 0) is 31.0 Å². The van der Waals surface area contributed by atoms with E-state index in [1.54, 1.807) is 13.0 Å². The van der Waals surface area contributed by atoms with Crippen LogP contribution in [0.25, 0.3) is 0 Å². The molecule has 27 heavy (non-hydrogen) atoms. The number of alkyl halides is 3. The summed E-state index contributed by atoms with van der Waals surface area (Å²) in [5, 5.41) is 2.72. The number of rotatable bonds is 5. The Balaban J connectivity index is 1.60. The quantitative estimate of drug-likeness (QED) is 0.804. The van der Waals surface area contributed by atoms with Crippen LogP contribution in [0, 0.1) is 11.7 Å². The molecule has 5 nitrogen and oxygen atoms in total. The van der Waals surface area contributed by atoms with Gasteiger partial charge in [0.25, 0.3) is 0 Å². The number of benzene rings is 1. The van der Waals surface area contributed by atoms with E-state index in [4.69, 9.17) is 4.74 Å². The summed E-state index contributed by atoms with van der Waals surface area (Å²) in [7, 11) is 0. The molecule has 1 N–H and O–H groups in total. The van der Waals surface area contributed by atoms with Crippen LogP contribution in [0.5, 0.6) is 5.75 Å². The first-order chi connectivity index (χ1) is 12.8. The van der Waals surface area contributed by atoms with Crippen molar-refractivity contribution in [2.75, 3.05) is 6.61 Å². The number of carbonyl (C=O) groups excluding carboxylic acids is 1. The van der Waals surface area contributed by atoms with Crippen LogP contribution >= 0.6 is 0 Å². The van der Waals surface area contributed by atoms with Gasteiger partial charge in [0.1, 0.15) is 0 Å². The van der Waals surface area contributed by atoms with Crippen molar-refractivity contribution >= 4 is 5.91 Å². The topological polar surface area (TPSA) is 56.1 Å². The molecule has 2 heterocycles. The number of nitrogens with zero attached hydrogens (tertiary/aromatic N) is 2. The molecule has 9 heteroatoms. The SMILES string of the molecule is CCOc1ccc(CNC(=O)[C@H]2CCn3c(cnc3C(F)(F)F)C2)cc1F. The Labute approximate surface area is 153 Å². The van der Waals surface area contributed by atoms with Crippen LogP contribution in [-0.4, -0.2) is 22.1 Å². The number of aromatic nitrogens is 2. The fourth-order valence-electron chi connectivity index (χ4n) is 3.17. The van der Waals surface area contributed by atoms with Gasteiger partial charge in [-0.1, -0.05) is 6.07 Å². The van der Waals surface area contributed by atoms with Crippen molar-refractivity contribution in [1.82, 2.24) is 14.9 Å². The third-order valence-corrected chi connectivity index (χ3v) is 4.48. The third-order valence-electron chi connectivity index (χ3n) is 4.48. The van der Waals surface area contributed by atoms with Crippen molar-refractivity contribution in [3.8, 4) is 5.75 Å². The molecule has 3 rings (SSSR count). The number of halogens is 4. The summed E-state index contributed by atoms with van der Waals surface area (Å²) < 4.78 is 58.7. The van der Waals surface area contributed by atoms with Gasteiger partial charge in [-0.25, -0.2) is 9.37 Å². The standard InChI is InChI=1S/C18H19F4N3O2/c1-2-27-15-4-3-11(7-14(15)19)9-23-16(26)12-5-6-25-13(8-12)10-24-17(25)18(20,21)22/h3-4,7,10,12H,2,5-6,8-9H2,1H3,(H,23,26)/t12-/m0/s1. The smallest absolute Gasteiger partial charge is 0.449 e. The van der Waals surface area contributed by atoms with Crippen LogP contribution in [0.4, 0.5) is 17.6 Å². The summed E-state index contributed by atoms with van der Waals surface area (Å²) in [6.45, 7) is 2.31. The number of hydrogen-bond donors (Lipinski definition) is 1. The normalized spacial score (nSPS) is 16.7. The number of hydrogen-bond acceptors (Lipinski definition) is 3. The molecule has 0 spiro atoms. The second kappa shape index (κ2) is 7.58. The monoisotopic (exact) mass is 385 g/mol. The number of imidazole rings is 1. The molecule has 0 saturated carbocycles. The largest absolute Gasteiger partial charge is 0.491 e. The van der Waals surface area contributed by atoms with Gasteiger partial charge in [-0.3, -0.25) is 4.79 Å². The second-order valence-corrected chi connectivity index (χ2v) is 6.33. The summed E-state index contributed by atoms with van der Waals surface area (Å²) in [6, 6.07) is 4.44. The first-order valence-corrected chi connectivity index (χ1v) is 8.60. The van der Waals surface area contributed by atoms with Crippen LogP contribution < -0.4 is 10.1 Å². The average molecular weight is 385 g/mol. The predicted molar refractivity (Wildman–Crippen MR) is 88.5 cm³/mol. The van der Waals surface area contributed by atoms with Crippen LogP contribution in [-0.2, 0) is 30.5 Å². The molecule has 1 atom stereocenters. The van der Waals surface area contributed by atoms with Crippen molar-refractivity contribution < 1.29 is 27.1 Å². The van der Waals surface area contributed by atoms with Gasteiger partial charge in [-0.2, -0.15) is 13.2 Å². The zero-order valence-corrected chi connectivity index (χ0v) is 14.6. The molecule has 0 unspecified atom stereocenters. The molecule has 1 amide bonds. The highest BCUT2D eigenvalue weighted by Gasteiger charge is 2.39. The van der Waals surface area contributed by atoms with E-state index in [0.717, 1.165) is 4.57 Å². The number of fused-ring (bicyclic) bond motifs is 1. The number of amides is 1. The van der Waals surface area contributed by atoms with Crippen molar-refractivity contribution in [3.63, 3.8) is 0 Å². The molecule has 0 bridgehead atoms. The fourth-order valence-corrected chi connectivity index (χ4v) is 3.17. The van der Waals surface area contributed by atoms with Gasteiger partial charge in [0.2, 0.25) is 11.7 Å². The minimum atomic E-state index is -4.51. The summed E-state index contributed by atoms with van der Waals surface area (Å²) in [5.41, 5.74) is 0.963. The minimum Gasteiger partial charge on any atom is -0.491 e. The molecule has 1 aromatic carbocycles. The Morgan fingerprint density at radius 2 is 2.19 bits per heavy atom. The lowest BCUT2D eigenvalue weighted by atomic mass is 9.95. The molecular formula is C18H19F4N3O2. The maximum atomic E-state index is 13.8. The molecule has 2 aromatic rings. The highest BCUT2D eigenvalue weighted by Crippen LogP contribution is 2.32. The van der Waals surface area contributed by atoms with E-state index in [9.17, 15) is 22.4 Å². The van der Waals surface area contributed by atoms with Crippen LogP contribution in [0.2, 0.25) is 0 Å². The van der Waals surface area contributed by atoms with Crippen LogP contribution in [0.3, 0.4) is 0 Å². The molecular weight excluding hydrogens is 366 g/mol. The zero-order valence-electron chi connectivity index (χ0n) is 14.6. The number of carbonyl (C=O) groups is 1. The maximum Gasteiger partial charge on any atom is 0.449 e. The average Bonchev–Trinajstić information content (AvgIpc) is 3.05. The lowest BCUT2D eigenvalue weighted by molar-refractivity contribution is -0.147. The molecule has 0 fully saturated rings. The Morgan fingerprint density at radius 1 is 1.41 bits per heavy atom. The van der Waals surface area contributed by atoms with Gasteiger partial charge in [0.05, 0.1) is 6.61 Å². The minimum absolute atomic E-state index is 0.0833. The molecule has 0 saturated heterocycles. The van der Waals surface area contributed by atoms with E-state index in [-0.39, 0.29) is 37.6 Å². The number of ether oxygens (including phenoxy) is 1. The Bertz CT molecular complexity index is 832. The highest BCUT2D eigenvalue weighted by atomic mass is 19.4. The van der Waals surface area contributed by atoms with E-state index >= 15 is 0 Å². The van der Waals surface area contributed by atoms with Gasteiger partial charge in [0, 0.05) is 37.3 Å². The lowest BCUT2D eigenvalue weighted by Crippen LogP contribution is -2.35.